The Hall–Kier alpha value is -0.640. The quantitative estimate of drug-likeness (QED) is 0.857. The minimum atomic E-state index is -0.567. The van der Waals surface area contributed by atoms with Crippen LogP contribution in [-0.4, -0.2) is 6.04 Å². The van der Waals surface area contributed by atoms with E-state index in [4.69, 9.17) is 0 Å². The maximum absolute atomic E-state index is 13.5. The molecule has 16 heavy (non-hydrogen) atoms. The highest BCUT2D eigenvalue weighted by Crippen LogP contribution is 2.25. The van der Waals surface area contributed by atoms with E-state index in [1.165, 1.54) is 12.1 Å². The van der Waals surface area contributed by atoms with Crippen LogP contribution in [0.5, 0.6) is 0 Å². The molecule has 0 saturated heterocycles. The van der Waals surface area contributed by atoms with E-state index >= 15 is 0 Å². The molecule has 1 aromatic rings. The van der Waals surface area contributed by atoms with Crippen molar-refractivity contribution in [3.8, 4) is 0 Å². The fraction of sp³-hybridized carbons (Fsp3) is 0.500. The van der Waals surface area contributed by atoms with Crippen LogP contribution in [0, 0.1) is 17.6 Å². The molecule has 0 amide bonds. The zero-order valence-corrected chi connectivity index (χ0v) is 11.2. The summed E-state index contributed by atoms with van der Waals surface area (Å²) < 4.78 is 27.4. The first-order valence-corrected chi connectivity index (χ1v) is 6.10. The molecule has 1 unspecified atom stereocenters. The predicted molar refractivity (Wildman–Crippen MR) is 66.6 cm³/mol. The molecule has 0 aliphatic heterocycles. The van der Waals surface area contributed by atoms with Gasteiger partial charge in [-0.25, -0.2) is 8.78 Å². The Morgan fingerprint density at radius 2 is 1.69 bits per heavy atom. The second-order valence-electron chi connectivity index (χ2n) is 4.42. The van der Waals surface area contributed by atoms with Crippen molar-refractivity contribution in [1.29, 1.82) is 0 Å². The van der Waals surface area contributed by atoms with Gasteiger partial charge in [0.2, 0.25) is 0 Å². The molecule has 0 spiro atoms. The molecule has 0 heterocycles. The molecular formula is C12H16BrF2N. The summed E-state index contributed by atoms with van der Waals surface area (Å²) in [5, 5.41) is 2.87. The van der Waals surface area contributed by atoms with Gasteiger partial charge in [-0.2, -0.15) is 0 Å². The smallest absolute Gasteiger partial charge is 0.150 e. The van der Waals surface area contributed by atoms with Gasteiger partial charge in [-0.05, 0) is 31.4 Å². The summed E-state index contributed by atoms with van der Waals surface area (Å²) in [7, 11) is 0. The molecule has 90 valence electrons. The Morgan fingerprint density at radius 1 is 1.19 bits per heavy atom. The van der Waals surface area contributed by atoms with Crippen LogP contribution in [0.1, 0.15) is 27.2 Å². The molecule has 0 aliphatic rings. The molecular weight excluding hydrogens is 276 g/mol. The van der Waals surface area contributed by atoms with Crippen molar-refractivity contribution >= 4 is 21.6 Å². The Bertz CT molecular complexity index is 343. The summed E-state index contributed by atoms with van der Waals surface area (Å²) in [6.07, 6.45) is 0.870. The highest BCUT2D eigenvalue weighted by Gasteiger charge is 2.13. The number of hydrogen-bond acceptors (Lipinski definition) is 1. The largest absolute Gasteiger partial charge is 0.378 e. The van der Waals surface area contributed by atoms with Crippen LogP contribution in [0.3, 0.4) is 0 Å². The third-order valence-electron chi connectivity index (χ3n) is 2.22. The maximum Gasteiger partial charge on any atom is 0.150 e. The van der Waals surface area contributed by atoms with Gasteiger partial charge in [-0.1, -0.05) is 29.8 Å². The number of hydrogen-bond donors (Lipinski definition) is 1. The number of nitrogens with one attached hydrogen (secondary N) is 1. The van der Waals surface area contributed by atoms with E-state index in [2.05, 4.69) is 35.1 Å². The van der Waals surface area contributed by atoms with Gasteiger partial charge < -0.3 is 5.32 Å². The van der Waals surface area contributed by atoms with Crippen LogP contribution in [0.25, 0.3) is 0 Å². The van der Waals surface area contributed by atoms with Gasteiger partial charge in [0, 0.05) is 10.5 Å². The topological polar surface area (TPSA) is 12.0 Å². The van der Waals surface area contributed by atoms with Crippen molar-refractivity contribution in [2.45, 2.75) is 33.2 Å². The minimum Gasteiger partial charge on any atom is -0.378 e. The van der Waals surface area contributed by atoms with Crippen LogP contribution in [0.15, 0.2) is 16.6 Å². The third-order valence-corrected chi connectivity index (χ3v) is 2.68. The molecule has 0 aliphatic carbocycles. The van der Waals surface area contributed by atoms with E-state index in [0.717, 1.165) is 6.42 Å². The lowest BCUT2D eigenvalue weighted by atomic mass is 10.1. The first-order chi connectivity index (χ1) is 7.40. The van der Waals surface area contributed by atoms with Crippen molar-refractivity contribution in [3.05, 3.63) is 28.2 Å². The summed E-state index contributed by atoms with van der Waals surface area (Å²) in [6.45, 7) is 6.07. The van der Waals surface area contributed by atoms with Gasteiger partial charge in [-0.15, -0.1) is 0 Å². The lowest BCUT2D eigenvalue weighted by molar-refractivity contribution is 0.528. The van der Waals surface area contributed by atoms with Crippen LogP contribution in [0.4, 0.5) is 14.5 Å². The van der Waals surface area contributed by atoms with Gasteiger partial charge in [0.15, 0.2) is 0 Å². The van der Waals surface area contributed by atoms with E-state index in [-0.39, 0.29) is 11.7 Å². The van der Waals surface area contributed by atoms with E-state index in [1.807, 2.05) is 6.92 Å². The highest BCUT2D eigenvalue weighted by molar-refractivity contribution is 9.10. The first-order valence-electron chi connectivity index (χ1n) is 5.31. The van der Waals surface area contributed by atoms with E-state index in [1.54, 1.807) is 0 Å². The molecule has 0 saturated carbocycles. The second kappa shape index (κ2) is 5.62. The molecule has 0 radical (unpaired) electrons. The van der Waals surface area contributed by atoms with Crippen LogP contribution < -0.4 is 5.32 Å². The van der Waals surface area contributed by atoms with Crippen LogP contribution >= 0.6 is 15.9 Å². The number of halogens is 3. The maximum atomic E-state index is 13.5. The second-order valence-corrected chi connectivity index (χ2v) is 5.34. The highest BCUT2D eigenvalue weighted by atomic mass is 79.9. The number of benzene rings is 1. The van der Waals surface area contributed by atoms with Crippen molar-refractivity contribution in [2.24, 2.45) is 5.92 Å². The van der Waals surface area contributed by atoms with Gasteiger partial charge in [-0.3, -0.25) is 0 Å². The van der Waals surface area contributed by atoms with E-state index in [9.17, 15) is 8.78 Å². The zero-order valence-electron chi connectivity index (χ0n) is 9.65. The molecule has 1 aromatic carbocycles. The van der Waals surface area contributed by atoms with Gasteiger partial charge in [0.1, 0.15) is 17.3 Å². The third kappa shape index (κ3) is 3.74. The Balaban J connectivity index is 2.81. The average molecular weight is 292 g/mol. The van der Waals surface area contributed by atoms with E-state index in [0.29, 0.717) is 10.4 Å². The molecule has 0 aromatic heterocycles. The number of anilines is 1. The molecule has 1 N–H and O–H groups in total. The molecule has 4 heteroatoms. The molecule has 1 atom stereocenters. The van der Waals surface area contributed by atoms with Crippen LogP contribution in [-0.2, 0) is 0 Å². The molecule has 0 fully saturated rings. The standard InChI is InChI=1S/C12H16BrF2N/c1-7(2)4-8(3)16-12-10(14)5-9(13)6-11(12)15/h5-8,16H,4H2,1-3H3. The van der Waals surface area contributed by atoms with Crippen molar-refractivity contribution in [3.63, 3.8) is 0 Å². The van der Waals surface area contributed by atoms with Crippen molar-refractivity contribution in [1.82, 2.24) is 0 Å². The van der Waals surface area contributed by atoms with Crippen molar-refractivity contribution in [2.75, 3.05) is 5.32 Å². The summed E-state index contributed by atoms with van der Waals surface area (Å²) in [5.74, 6) is -0.644. The molecule has 1 rings (SSSR count). The summed E-state index contributed by atoms with van der Waals surface area (Å²) in [4.78, 5) is 0. The van der Waals surface area contributed by atoms with Gasteiger partial charge in [0.25, 0.3) is 0 Å². The summed E-state index contributed by atoms with van der Waals surface area (Å²) in [6, 6.07) is 2.56. The lowest BCUT2D eigenvalue weighted by Gasteiger charge is -2.18. The SMILES string of the molecule is CC(C)CC(C)Nc1c(F)cc(Br)cc1F. The molecule has 1 nitrogen and oxygen atoms in total. The normalized spacial score (nSPS) is 12.9. The first kappa shape index (κ1) is 13.4. The Morgan fingerprint density at radius 3 is 2.12 bits per heavy atom. The number of rotatable bonds is 4. The van der Waals surface area contributed by atoms with Crippen molar-refractivity contribution < 1.29 is 8.78 Å². The van der Waals surface area contributed by atoms with Gasteiger partial charge >= 0.3 is 0 Å². The summed E-state index contributed by atoms with van der Waals surface area (Å²) in [5.41, 5.74) is -0.0450. The fourth-order valence-corrected chi connectivity index (χ4v) is 2.09. The summed E-state index contributed by atoms with van der Waals surface area (Å²) >= 11 is 3.05. The fourth-order valence-electron chi connectivity index (χ4n) is 1.69. The Kier molecular flexibility index (Phi) is 4.71. The molecule has 0 bridgehead atoms. The van der Waals surface area contributed by atoms with E-state index < -0.39 is 11.6 Å². The lowest BCUT2D eigenvalue weighted by Crippen LogP contribution is -2.19. The predicted octanol–water partition coefficient (Wildman–Crippen LogP) is 4.57. The Labute approximate surface area is 103 Å². The minimum absolute atomic E-state index is 0.0450. The zero-order chi connectivity index (χ0) is 12.3. The van der Waals surface area contributed by atoms with Crippen LogP contribution in [0.2, 0.25) is 0 Å². The monoisotopic (exact) mass is 291 g/mol. The average Bonchev–Trinajstić information content (AvgIpc) is 2.09. The van der Waals surface area contributed by atoms with Gasteiger partial charge in [0.05, 0.1) is 0 Å².